The van der Waals surface area contributed by atoms with Gasteiger partial charge in [-0.2, -0.15) is 0 Å². The first-order chi connectivity index (χ1) is 18.1. The van der Waals surface area contributed by atoms with Crippen molar-refractivity contribution in [3.63, 3.8) is 0 Å². The number of Topliss-reactive ketones (excluding diaryl/α,β-unsaturated/α-hetero) is 1. The standard InChI is InChI=1S/C29H36O9/c1-17-7-10-27-15-34-24(32)13-19-8-11-35-28(18(2)30,25(19)33)9-5-4-6-23(31)38-20-14-22(37-21(27)12-17)29(16-36-29)26(20,27)3/h4,6,12-13,20-22,25,33H,5,7-11,14-16H2,1-3H3/b6-4-,19-13-/t20-,21-,22-,25-,26-,27-,28+,29+/m1/s1. The monoisotopic (exact) mass is 528 g/mol. The number of aliphatic hydroxyl groups excluding tert-OH is 1. The zero-order valence-electron chi connectivity index (χ0n) is 22.2. The predicted molar refractivity (Wildman–Crippen MR) is 133 cm³/mol. The summed E-state index contributed by atoms with van der Waals surface area (Å²) in [6.45, 7) is 6.28. The molecule has 6 aliphatic rings. The highest BCUT2D eigenvalue weighted by Crippen LogP contribution is 2.72. The van der Waals surface area contributed by atoms with Crippen LogP contribution >= 0.6 is 0 Å². The van der Waals surface area contributed by atoms with E-state index in [-0.39, 0.29) is 37.6 Å². The lowest BCUT2D eigenvalue weighted by Gasteiger charge is -2.58. The molecular weight excluding hydrogens is 492 g/mol. The first-order valence-electron chi connectivity index (χ1n) is 13.6. The lowest BCUT2D eigenvalue weighted by molar-refractivity contribution is -0.232. The second-order valence-electron chi connectivity index (χ2n) is 12.0. The van der Waals surface area contributed by atoms with Crippen LogP contribution in [0.2, 0.25) is 0 Å². The van der Waals surface area contributed by atoms with Gasteiger partial charge in [0.2, 0.25) is 0 Å². The van der Waals surface area contributed by atoms with Crippen molar-refractivity contribution in [2.45, 2.75) is 94.9 Å². The van der Waals surface area contributed by atoms with Gasteiger partial charge in [0.05, 0.1) is 30.8 Å². The molecule has 0 aromatic heterocycles. The fourth-order valence-corrected chi connectivity index (χ4v) is 7.88. The summed E-state index contributed by atoms with van der Waals surface area (Å²) in [5.41, 5.74) is -1.77. The molecule has 8 atom stereocenters. The highest BCUT2D eigenvalue weighted by molar-refractivity contribution is 5.88. The number of carbonyl (C=O) groups is 3. The fraction of sp³-hybridized carbons (Fsp3) is 0.690. The molecule has 9 nitrogen and oxygen atoms in total. The van der Waals surface area contributed by atoms with Crippen LogP contribution in [0, 0.1) is 10.8 Å². The van der Waals surface area contributed by atoms with E-state index in [0.29, 0.717) is 37.9 Å². The van der Waals surface area contributed by atoms with E-state index in [2.05, 4.69) is 19.9 Å². The van der Waals surface area contributed by atoms with Gasteiger partial charge in [-0.3, -0.25) is 4.79 Å². The predicted octanol–water partition coefficient (Wildman–Crippen LogP) is 2.50. The van der Waals surface area contributed by atoms with Crippen molar-refractivity contribution in [3.05, 3.63) is 35.5 Å². The second kappa shape index (κ2) is 8.84. The molecule has 0 radical (unpaired) electrons. The van der Waals surface area contributed by atoms with E-state index in [1.165, 1.54) is 24.6 Å². The molecule has 4 heterocycles. The zero-order valence-corrected chi connectivity index (χ0v) is 22.2. The van der Waals surface area contributed by atoms with Crippen LogP contribution in [-0.4, -0.2) is 78.3 Å². The first kappa shape index (κ1) is 25.9. The molecule has 0 amide bonds. The molecule has 6 rings (SSSR count). The summed E-state index contributed by atoms with van der Waals surface area (Å²) in [7, 11) is 0. The van der Waals surface area contributed by atoms with E-state index in [0.717, 1.165) is 6.42 Å². The van der Waals surface area contributed by atoms with Gasteiger partial charge in [-0.25, -0.2) is 9.59 Å². The Bertz CT molecular complexity index is 1150. The minimum Gasteiger partial charge on any atom is -0.462 e. The Labute approximate surface area is 222 Å². The van der Waals surface area contributed by atoms with Crippen molar-refractivity contribution in [1.82, 2.24) is 0 Å². The molecule has 4 bridgehead atoms. The number of allylic oxidation sites excluding steroid dienone is 2. The van der Waals surface area contributed by atoms with Crippen LogP contribution in [0.5, 0.6) is 0 Å². The highest BCUT2D eigenvalue weighted by Gasteiger charge is 2.83. The van der Waals surface area contributed by atoms with Gasteiger partial charge in [-0.05, 0) is 51.5 Å². The van der Waals surface area contributed by atoms with Crippen molar-refractivity contribution in [1.29, 1.82) is 0 Å². The van der Waals surface area contributed by atoms with E-state index in [4.69, 9.17) is 23.7 Å². The highest BCUT2D eigenvalue weighted by atomic mass is 16.6. The zero-order chi connectivity index (χ0) is 26.9. The molecule has 0 aromatic rings. The Morgan fingerprint density at radius 3 is 2.61 bits per heavy atom. The first-order valence-corrected chi connectivity index (χ1v) is 13.6. The van der Waals surface area contributed by atoms with Crippen molar-refractivity contribution >= 4 is 17.7 Å². The molecule has 0 unspecified atom stereocenters. The maximum Gasteiger partial charge on any atom is 0.330 e. The van der Waals surface area contributed by atoms with Crippen LogP contribution in [0.1, 0.15) is 59.3 Å². The minimum absolute atomic E-state index is 0.0483. The molecule has 4 aliphatic heterocycles. The van der Waals surface area contributed by atoms with Crippen LogP contribution in [0.3, 0.4) is 0 Å². The third-order valence-corrected chi connectivity index (χ3v) is 10.3. The van der Waals surface area contributed by atoms with E-state index in [9.17, 15) is 19.5 Å². The van der Waals surface area contributed by atoms with Crippen molar-refractivity contribution in [2.75, 3.05) is 19.8 Å². The smallest absolute Gasteiger partial charge is 0.330 e. The fourth-order valence-electron chi connectivity index (χ4n) is 7.88. The number of ketones is 1. The minimum atomic E-state index is -1.49. The Hall–Kier alpha value is -2.33. The molecule has 3 saturated heterocycles. The number of aliphatic hydroxyl groups is 1. The maximum atomic E-state index is 13.2. The number of ether oxygens (including phenoxy) is 5. The van der Waals surface area contributed by atoms with Gasteiger partial charge < -0.3 is 28.8 Å². The summed E-state index contributed by atoms with van der Waals surface area (Å²) in [5, 5.41) is 11.2. The number of esters is 2. The molecule has 206 valence electrons. The van der Waals surface area contributed by atoms with Crippen LogP contribution < -0.4 is 0 Å². The van der Waals surface area contributed by atoms with Crippen LogP contribution in [0.15, 0.2) is 35.5 Å². The number of epoxide rings is 1. The number of hydrogen-bond donors (Lipinski definition) is 1. The Kier molecular flexibility index (Phi) is 6.03. The van der Waals surface area contributed by atoms with Gasteiger partial charge in [0.15, 0.2) is 11.4 Å². The average molecular weight is 529 g/mol. The lowest BCUT2D eigenvalue weighted by atomic mass is 9.51. The van der Waals surface area contributed by atoms with Crippen molar-refractivity contribution < 1.29 is 43.2 Å². The number of hydrogen-bond acceptors (Lipinski definition) is 9. The molecule has 4 fully saturated rings. The largest absolute Gasteiger partial charge is 0.462 e. The molecule has 2 spiro atoms. The summed E-state index contributed by atoms with van der Waals surface area (Å²) in [5.74, 6) is -1.41. The van der Waals surface area contributed by atoms with Gasteiger partial charge in [-0.15, -0.1) is 0 Å². The molecule has 38 heavy (non-hydrogen) atoms. The van der Waals surface area contributed by atoms with Crippen molar-refractivity contribution in [3.8, 4) is 0 Å². The van der Waals surface area contributed by atoms with Gasteiger partial charge >= 0.3 is 11.9 Å². The quantitative estimate of drug-likeness (QED) is 0.311. The Morgan fingerprint density at radius 1 is 1.08 bits per heavy atom. The van der Waals surface area contributed by atoms with E-state index in [1.54, 1.807) is 6.08 Å². The Balaban J connectivity index is 1.42. The van der Waals surface area contributed by atoms with E-state index >= 15 is 0 Å². The number of fused-ring (bicyclic) bond motifs is 2. The SMILES string of the molecule is CC(=O)[C@]12CC/C=C\C(=O)O[C@@H]3C[C@H]4O[C@@H]5C=C(C)CC[C@]5(COC(=O)/C=C(/CCO1)[C@H]2O)[C@]3(C)[C@]41CO1. The Morgan fingerprint density at radius 2 is 1.87 bits per heavy atom. The van der Waals surface area contributed by atoms with Crippen LogP contribution in [0.25, 0.3) is 0 Å². The maximum absolute atomic E-state index is 13.2. The molecule has 0 aromatic carbocycles. The third-order valence-electron chi connectivity index (χ3n) is 10.3. The summed E-state index contributed by atoms with van der Waals surface area (Å²) >= 11 is 0. The normalized spacial score (nSPS) is 48.6. The summed E-state index contributed by atoms with van der Waals surface area (Å²) in [4.78, 5) is 38.9. The number of rotatable bonds is 1. The number of cyclic esters (lactones) is 1. The summed E-state index contributed by atoms with van der Waals surface area (Å²) in [6, 6.07) is 0. The summed E-state index contributed by atoms with van der Waals surface area (Å²) in [6.07, 6.45) is 6.90. The number of carbonyl (C=O) groups excluding carboxylic acids is 3. The van der Waals surface area contributed by atoms with E-state index in [1.807, 2.05) is 0 Å². The molecule has 1 N–H and O–H groups in total. The molecule has 9 heteroatoms. The second-order valence-corrected chi connectivity index (χ2v) is 12.0. The van der Waals surface area contributed by atoms with Gasteiger partial charge in [0.25, 0.3) is 0 Å². The summed E-state index contributed by atoms with van der Waals surface area (Å²) < 4.78 is 30.6. The topological polar surface area (TPSA) is 121 Å². The van der Waals surface area contributed by atoms with Crippen LogP contribution in [-0.2, 0) is 38.1 Å². The third kappa shape index (κ3) is 3.48. The van der Waals surface area contributed by atoms with E-state index < -0.39 is 46.2 Å². The molecule has 2 aliphatic carbocycles. The van der Waals surface area contributed by atoms with Crippen LogP contribution in [0.4, 0.5) is 0 Å². The average Bonchev–Trinajstić information content (AvgIpc) is 3.65. The lowest BCUT2D eigenvalue weighted by Crippen LogP contribution is -2.66. The van der Waals surface area contributed by atoms with Gasteiger partial charge in [0, 0.05) is 24.0 Å². The van der Waals surface area contributed by atoms with Gasteiger partial charge in [0.1, 0.15) is 24.4 Å². The molecular formula is C29H36O9. The molecule has 1 saturated carbocycles. The van der Waals surface area contributed by atoms with Gasteiger partial charge in [-0.1, -0.05) is 24.6 Å². The van der Waals surface area contributed by atoms with Crippen molar-refractivity contribution in [2.24, 2.45) is 10.8 Å².